The molecule has 16 heavy (non-hydrogen) atoms. The Morgan fingerprint density at radius 3 is 2.81 bits per heavy atom. The maximum absolute atomic E-state index is 5.08. The summed E-state index contributed by atoms with van der Waals surface area (Å²) in [6.07, 6.45) is 3.83. The number of ether oxygens (including phenoxy) is 1. The largest absolute Gasteiger partial charge is 0.383 e. The molecule has 1 aromatic rings. The van der Waals surface area contributed by atoms with Crippen molar-refractivity contribution in [2.75, 3.05) is 13.7 Å². The third-order valence-electron chi connectivity index (χ3n) is 2.41. The van der Waals surface area contributed by atoms with E-state index in [4.69, 9.17) is 4.74 Å². The minimum Gasteiger partial charge on any atom is -0.383 e. The molecule has 4 heteroatoms. The minimum atomic E-state index is 0.368. The van der Waals surface area contributed by atoms with Gasteiger partial charge in [0, 0.05) is 32.4 Å². The number of imidazole rings is 1. The summed E-state index contributed by atoms with van der Waals surface area (Å²) in [7, 11) is 1.72. The molecule has 0 radical (unpaired) electrons. The zero-order valence-corrected chi connectivity index (χ0v) is 10.7. The molecule has 0 bridgehead atoms. The molecule has 0 saturated heterocycles. The first-order chi connectivity index (χ1) is 7.63. The molecule has 0 aliphatic carbocycles. The predicted octanol–water partition coefficient (Wildman–Crippen LogP) is 1.66. The molecule has 4 nitrogen and oxygen atoms in total. The van der Waals surface area contributed by atoms with E-state index in [0.29, 0.717) is 12.0 Å². The van der Waals surface area contributed by atoms with Gasteiger partial charge in [-0.15, -0.1) is 0 Å². The fraction of sp³-hybridized carbons (Fsp3) is 0.750. The fourth-order valence-electron chi connectivity index (χ4n) is 1.64. The van der Waals surface area contributed by atoms with Crippen LogP contribution in [0.15, 0.2) is 12.5 Å². The average Bonchev–Trinajstić information content (AvgIpc) is 2.62. The monoisotopic (exact) mass is 225 g/mol. The lowest BCUT2D eigenvalue weighted by Gasteiger charge is -2.14. The molecule has 0 aliphatic rings. The van der Waals surface area contributed by atoms with E-state index >= 15 is 0 Å². The second-order valence-corrected chi connectivity index (χ2v) is 4.67. The van der Waals surface area contributed by atoms with Crippen LogP contribution in [-0.4, -0.2) is 29.3 Å². The SMILES string of the molecule is COCC(C)NCc1cncn1CC(C)C. The van der Waals surface area contributed by atoms with E-state index in [0.717, 1.165) is 19.7 Å². The van der Waals surface area contributed by atoms with Crippen LogP contribution in [0, 0.1) is 5.92 Å². The average molecular weight is 225 g/mol. The minimum absolute atomic E-state index is 0.368. The number of methoxy groups -OCH3 is 1. The van der Waals surface area contributed by atoms with E-state index in [1.54, 1.807) is 7.11 Å². The van der Waals surface area contributed by atoms with Gasteiger partial charge in [0.2, 0.25) is 0 Å². The van der Waals surface area contributed by atoms with Crippen molar-refractivity contribution < 1.29 is 4.74 Å². The van der Waals surface area contributed by atoms with Crippen LogP contribution in [0.3, 0.4) is 0 Å². The first-order valence-corrected chi connectivity index (χ1v) is 5.84. The van der Waals surface area contributed by atoms with E-state index in [1.165, 1.54) is 5.69 Å². The molecule has 0 amide bonds. The summed E-state index contributed by atoms with van der Waals surface area (Å²) in [4.78, 5) is 4.19. The van der Waals surface area contributed by atoms with Gasteiger partial charge >= 0.3 is 0 Å². The van der Waals surface area contributed by atoms with E-state index < -0.39 is 0 Å². The summed E-state index contributed by atoms with van der Waals surface area (Å²) in [6.45, 7) is 9.15. The highest BCUT2D eigenvalue weighted by Crippen LogP contribution is 2.04. The lowest BCUT2D eigenvalue weighted by molar-refractivity contribution is 0.171. The van der Waals surface area contributed by atoms with Crippen molar-refractivity contribution in [3.8, 4) is 0 Å². The molecule has 1 N–H and O–H groups in total. The molecule has 0 saturated carbocycles. The van der Waals surface area contributed by atoms with Crippen molar-refractivity contribution in [1.82, 2.24) is 14.9 Å². The van der Waals surface area contributed by atoms with Crippen LogP contribution in [0.1, 0.15) is 26.5 Å². The van der Waals surface area contributed by atoms with Crippen molar-refractivity contribution in [2.24, 2.45) is 5.92 Å². The van der Waals surface area contributed by atoms with Crippen LogP contribution in [0.5, 0.6) is 0 Å². The number of aromatic nitrogens is 2. The zero-order valence-electron chi connectivity index (χ0n) is 10.7. The summed E-state index contributed by atoms with van der Waals surface area (Å²) in [5.74, 6) is 0.643. The Morgan fingerprint density at radius 2 is 2.19 bits per heavy atom. The van der Waals surface area contributed by atoms with Crippen LogP contribution in [0.25, 0.3) is 0 Å². The van der Waals surface area contributed by atoms with Crippen LogP contribution in [0.2, 0.25) is 0 Å². The van der Waals surface area contributed by atoms with Crippen molar-refractivity contribution in [3.63, 3.8) is 0 Å². The van der Waals surface area contributed by atoms with E-state index in [-0.39, 0.29) is 0 Å². The second kappa shape index (κ2) is 6.66. The number of nitrogens with zero attached hydrogens (tertiary/aromatic N) is 2. The van der Waals surface area contributed by atoms with E-state index in [2.05, 4.69) is 35.6 Å². The molecular weight excluding hydrogens is 202 g/mol. The van der Waals surface area contributed by atoms with Crippen LogP contribution < -0.4 is 5.32 Å². The molecule has 92 valence electrons. The molecule has 1 aromatic heterocycles. The van der Waals surface area contributed by atoms with Crippen molar-refractivity contribution >= 4 is 0 Å². The first-order valence-electron chi connectivity index (χ1n) is 5.84. The van der Waals surface area contributed by atoms with Crippen molar-refractivity contribution in [3.05, 3.63) is 18.2 Å². The summed E-state index contributed by atoms with van der Waals surface area (Å²) >= 11 is 0. The van der Waals surface area contributed by atoms with Crippen LogP contribution in [-0.2, 0) is 17.8 Å². The zero-order chi connectivity index (χ0) is 12.0. The Hall–Kier alpha value is -0.870. The fourth-order valence-corrected chi connectivity index (χ4v) is 1.64. The van der Waals surface area contributed by atoms with E-state index in [9.17, 15) is 0 Å². The van der Waals surface area contributed by atoms with Gasteiger partial charge in [-0.1, -0.05) is 13.8 Å². The Morgan fingerprint density at radius 1 is 1.44 bits per heavy atom. The number of nitrogens with one attached hydrogen (secondary N) is 1. The second-order valence-electron chi connectivity index (χ2n) is 4.67. The van der Waals surface area contributed by atoms with Gasteiger partial charge in [0.05, 0.1) is 18.6 Å². The van der Waals surface area contributed by atoms with Gasteiger partial charge in [0.15, 0.2) is 0 Å². The van der Waals surface area contributed by atoms with Gasteiger partial charge in [-0.25, -0.2) is 4.98 Å². The Labute approximate surface area is 98.0 Å². The third-order valence-corrected chi connectivity index (χ3v) is 2.41. The topological polar surface area (TPSA) is 39.1 Å². The Kier molecular flexibility index (Phi) is 5.49. The van der Waals surface area contributed by atoms with Crippen molar-refractivity contribution in [2.45, 2.75) is 39.9 Å². The van der Waals surface area contributed by atoms with Gasteiger partial charge in [0.25, 0.3) is 0 Å². The number of hydrogen-bond donors (Lipinski definition) is 1. The molecule has 1 unspecified atom stereocenters. The summed E-state index contributed by atoms with van der Waals surface area (Å²) in [6, 6.07) is 0.368. The molecule has 0 spiro atoms. The normalized spacial score (nSPS) is 13.3. The van der Waals surface area contributed by atoms with Gasteiger partial charge in [-0.2, -0.15) is 0 Å². The predicted molar refractivity (Wildman–Crippen MR) is 65.2 cm³/mol. The summed E-state index contributed by atoms with van der Waals surface area (Å²) < 4.78 is 7.29. The Balaban J connectivity index is 2.44. The molecule has 0 fully saturated rings. The highest BCUT2D eigenvalue weighted by atomic mass is 16.5. The van der Waals surface area contributed by atoms with Gasteiger partial charge < -0.3 is 14.6 Å². The molecule has 1 heterocycles. The number of hydrogen-bond acceptors (Lipinski definition) is 3. The first kappa shape index (κ1) is 13.2. The molecule has 1 atom stereocenters. The maximum atomic E-state index is 5.08. The Bertz CT molecular complexity index is 296. The maximum Gasteiger partial charge on any atom is 0.0948 e. The van der Waals surface area contributed by atoms with Crippen molar-refractivity contribution in [1.29, 1.82) is 0 Å². The lowest BCUT2D eigenvalue weighted by Crippen LogP contribution is -2.30. The van der Waals surface area contributed by atoms with E-state index in [1.807, 2.05) is 12.5 Å². The molecular formula is C12H23N3O. The van der Waals surface area contributed by atoms with Crippen LogP contribution >= 0.6 is 0 Å². The molecule has 1 rings (SSSR count). The summed E-state index contributed by atoms with van der Waals surface area (Å²) in [5.41, 5.74) is 1.23. The molecule has 0 aromatic carbocycles. The number of rotatable bonds is 7. The quantitative estimate of drug-likeness (QED) is 0.767. The molecule has 0 aliphatic heterocycles. The van der Waals surface area contributed by atoms with Gasteiger partial charge in [-0.3, -0.25) is 0 Å². The standard InChI is InChI=1S/C12H23N3O/c1-10(2)7-15-9-13-5-12(15)6-14-11(3)8-16-4/h5,9-11,14H,6-8H2,1-4H3. The van der Waals surface area contributed by atoms with Gasteiger partial charge in [-0.05, 0) is 12.8 Å². The van der Waals surface area contributed by atoms with Crippen LogP contribution in [0.4, 0.5) is 0 Å². The summed E-state index contributed by atoms with van der Waals surface area (Å²) in [5, 5.41) is 3.41. The highest BCUT2D eigenvalue weighted by molar-refractivity contribution is 4.98. The smallest absolute Gasteiger partial charge is 0.0948 e. The third kappa shape index (κ3) is 4.33. The van der Waals surface area contributed by atoms with Gasteiger partial charge in [0.1, 0.15) is 0 Å². The lowest BCUT2D eigenvalue weighted by atomic mass is 10.2. The highest BCUT2D eigenvalue weighted by Gasteiger charge is 2.06.